The Morgan fingerprint density at radius 2 is 2.42 bits per heavy atom. The van der Waals surface area contributed by atoms with Gasteiger partial charge in [0.25, 0.3) is 0 Å². The number of hydrogen-bond donors (Lipinski definition) is 0. The van der Waals surface area contributed by atoms with E-state index in [0.717, 1.165) is 13.0 Å². The molecule has 0 saturated carbocycles. The Morgan fingerprint density at radius 1 is 1.58 bits per heavy atom. The zero-order valence-corrected chi connectivity index (χ0v) is 8.01. The Labute approximate surface area is 74.6 Å². The second kappa shape index (κ2) is 5.33. The van der Waals surface area contributed by atoms with E-state index in [0.29, 0.717) is 6.61 Å². The van der Waals surface area contributed by atoms with Crippen LogP contribution in [-0.4, -0.2) is 19.5 Å². The fourth-order valence-corrected chi connectivity index (χ4v) is 1.15. The van der Waals surface area contributed by atoms with Crippen molar-refractivity contribution in [2.75, 3.05) is 13.2 Å². The molecule has 0 aromatic heterocycles. The summed E-state index contributed by atoms with van der Waals surface area (Å²) in [6, 6.07) is 0. The van der Waals surface area contributed by atoms with E-state index in [2.05, 4.69) is 13.0 Å². The van der Waals surface area contributed by atoms with Crippen LogP contribution in [0, 0.1) is 0 Å². The molecule has 70 valence electrons. The van der Waals surface area contributed by atoms with Gasteiger partial charge in [0.2, 0.25) is 0 Å². The molecule has 0 spiro atoms. The third-order valence-corrected chi connectivity index (χ3v) is 2.13. The molecule has 2 nitrogen and oxygen atoms in total. The molecule has 1 saturated heterocycles. The molecule has 1 rings (SSSR count). The van der Waals surface area contributed by atoms with Crippen molar-refractivity contribution in [1.29, 1.82) is 0 Å². The lowest BCUT2D eigenvalue weighted by Gasteiger charge is -2.22. The topological polar surface area (TPSA) is 18.5 Å². The smallest absolute Gasteiger partial charge is 0.158 e. The predicted octanol–water partition coefficient (Wildman–Crippen LogP) is 2.50. The molecule has 0 aliphatic carbocycles. The van der Waals surface area contributed by atoms with Gasteiger partial charge in [0.05, 0.1) is 6.61 Å². The molecule has 12 heavy (non-hydrogen) atoms. The van der Waals surface area contributed by atoms with Crippen LogP contribution in [0.5, 0.6) is 0 Å². The van der Waals surface area contributed by atoms with Gasteiger partial charge in [-0.2, -0.15) is 0 Å². The van der Waals surface area contributed by atoms with Crippen molar-refractivity contribution in [3.63, 3.8) is 0 Å². The minimum atomic E-state index is 0.0497. The van der Waals surface area contributed by atoms with Gasteiger partial charge in [-0.3, -0.25) is 0 Å². The molecule has 0 radical (unpaired) electrons. The Balaban J connectivity index is 2.13. The standard InChI is InChI=1S/C10H18O2/c1-3-9(2)8-12-10-6-4-5-7-11-10/h3,10H,4-8H2,1-2H3/b9-3-. The fraction of sp³-hybridized carbons (Fsp3) is 0.800. The van der Waals surface area contributed by atoms with Crippen molar-refractivity contribution in [2.45, 2.75) is 39.4 Å². The average Bonchev–Trinajstić information content (AvgIpc) is 2.16. The maximum Gasteiger partial charge on any atom is 0.158 e. The second-order valence-corrected chi connectivity index (χ2v) is 3.24. The first kappa shape index (κ1) is 9.75. The van der Waals surface area contributed by atoms with Gasteiger partial charge in [-0.05, 0) is 33.1 Å². The summed E-state index contributed by atoms with van der Waals surface area (Å²) in [4.78, 5) is 0. The van der Waals surface area contributed by atoms with Crippen LogP contribution >= 0.6 is 0 Å². The summed E-state index contributed by atoms with van der Waals surface area (Å²) >= 11 is 0. The maximum atomic E-state index is 5.55. The maximum absolute atomic E-state index is 5.55. The van der Waals surface area contributed by atoms with E-state index >= 15 is 0 Å². The molecule has 1 aliphatic rings. The Morgan fingerprint density at radius 3 is 3.00 bits per heavy atom. The van der Waals surface area contributed by atoms with E-state index in [-0.39, 0.29) is 6.29 Å². The van der Waals surface area contributed by atoms with Crippen LogP contribution in [0.3, 0.4) is 0 Å². The van der Waals surface area contributed by atoms with Gasteiger partial charge in [0.1, 0.15) is 0 Å². The summed E-state index contributed by atoms with van der Waals surface area (Å²) < 4.78 is 11.0. The molecular formula is C10H18O2. The molecule has 1 atom stereocenters. The van der Waals surface area contributed by atoms with Gasteiger partial charge in [0, 0.05) is 6.61 Å². The first-order valence-electron chi connectivity index (χ1n) is 4.68. The molecule has 1 unspecified atom stereocenters. The highest BCUT2D eigenvalue weighted by Gasteiger charge is 2.13. The second-order valence-electron chi connectivity index (χ2n) is 3.24. The summed E-state index contributed by atoms with van der Waals surface area (Å²) in [6.45, 7) is 5.67. The van der Waals surface area contributed by atoms with E-state index in [1.54, 1.807) is 0 Å². The minimum Gasteiger partial charge on any atom is -0.353 e. The Hall–Kier alpha value is -0.340. The fourth-order valence-electron chi connectivity index (χ4n) is 1.15. The SMILES string of the molecule is C/C=C(/C)COC1CCCCO1. The lowest BCUT2D eigenvalue weighted by molar-refractivity contribution is -0.156. The summed E-state index contributed by atoms with van der Waals surface area (Å²) in [5, 5.41) is 0. The third-order valence-electron chi connectivity index (χ3n) is 2.13. The molecule has 1 fully saturated rings. The van der Waals surface area contributed by atoms with Gasteiger partial charge in [-0.15, -0.1) is 0 Å². The van der Waals surface area contributed by atoms with Gasteiger partial charge in [-0.25, -0.2) is 0 Å². The molecule has 1 heterocycles. The molecular weight excluding hydrogens is 152 g/mol. The van der Waals surface area contributed by atoms with Crippen LogP contribution in [0.4, 0.5) is 0 Å². The van der Waals surface area contributed by atoms with Crippen LogP contribution < -0.4 is 0 Å². The van der Waals surface area contributed by atoms with Crippen molar-refractivity contribution in [2.24, 2.45) is 0 Å². The van der Waals surface area contributed by atoms with Crippen LogP contribution in [-0.2, 0) is 9.47 Å². The first-order chi connectivity index (χ1) is 5.83. The quantitative estimate of drug-likeness (QED) is 0.606. The number of ether oxygens (including phenoxy) is 2. The van der Waals surface area contributed by atoms with Crippen molar-refractivity contribution >= 4 is 0 Å². The first-order valence-corrected chi connectivity index (χ1v) is 4.68. The zero-order chi connectivity index (χ0) is 8.81. The number of allylic oxidation sites excluding steroid dienone is 1. The highest BCUT2D eigenvalue weighted by Crippen LogP contribution is 2.14. The van der Waals surface area contributed by atoms with E-state index in [1.165, 1.54) is 18.4 Å². The molecule has 0 aromatic carbocycles. The van der Waals surface area contributed by atoms with Crippen LogP contribution in [0.25, 0.3) is 0 Å². The minimum absolute atomic E-state index is 0.0497. The van der Waals surface area contributed by atoms with E-state index in [9.17, 15) is 0 Å². The molecule has 0 aromatic rings. The highest BCUT2D eigenvalue weighted by atomic mass is 16.7. The van der Waals surface area contributed by atoms with Crippen LogP contribution in [0.15, 0.2) is 11.6 Å². The molecule has 1 aliphatic heterocycles. The predicted molar refractivity (Wildman–Crippen MR) is 49.0 cm³/mol. The van der Waals surface area contributed by atoms with Gasteiger partial charge < -0.3 is 9.47 Å². The van der Waals surface area contributed by atoms with E-state index in [4.69, 9.17) is 9.47 Å². The normalized spacial score (nSPS) is 25.8. The van der Waals surface area contributed by atoms with Crippen LogP contribution in [0.2, 0.25) is 0 Å². The van der Waals surface area contributed by atoms with Gasteiger partial charge in [-0.1, -0.05) is 11.6 Å². The lowest BCUT2D eigenvalue weighted by atomic mass is 10.2. The van der Waals surface area contributed by atoms with Crippen molar-refractivity contribution in [3.05, 3.63) is 11.6 Å². The highest BCUT2D eigenvalue weighted by molar-refractivity contribution is 4.95. The monoisotopic (exact) mass is 170 g/mol. The average molecular weight is 170 g/mol. The number of hydrogen-bond acceptors (Lipinski definition) is 2. The van der Waals surface area contributed by atoms with E-state index < -0.39 is 0 Å². The van der Waals surface area contributed by atoms with Crippen LogP contribution in [0.1, 0.15) is 33.1 Å². The van der Waals surface area contributed by atoms with Crippen molar-refractivity contribution < 1.29 is 9.47 Å². The summed E-state index contributed by atoms with van der Waals surface area (Å²) in [7, 11) is 0. The molecule has 0 bridgehead atoms. The van der Waals surface area contributed by atoms with Gasteiger partial charge in [0.15, 0.2) is 6.29 Å². The molecule has 2 heteroatoms. The summed E-state index contributed by atoms with van der Waals surface area (Å²) in [5.74, 6) is 0. The van der Waals surface area contributed by atoms with Gasteiger partial charge >= 0.3 is 0 Å². The largest absolute Gasteiger partial charge is 0.353 e. The Kier molecular flexibility index (Phi) is 4.33. The summed E-state index contributed by atoms with van der Waals surface area (Å²) in [5.41, 5.74) is 1.27. The number of rotatable bonds is 3. The zero-order valence-electron chi connectivity index (χ0n) is 8.01. The molecule has 0 N–H and O–H groups in total. The lowest BCUT2D eigenvalue weighted by Crippen LogP contribution is -2.22. The van der Waals surface area contributed by atoms with E-state index in [1.807, 2.05) is 6.92 Å². The van der Waals surface area contributed by atoms with Crippen molar-refractivity contribution in [1.82, 2.24) is 0 Å². The summed E-state index contributed by atoms with van der Waals surface area (Å²) in [6.07, 6.45) is 5.59. The molecule has 0 amide bonds. The van der Waals surface area contributed by atoms with Crippen molar-refractivity contribution in [3.8, 4) is 0 Å². The third kappa shape index (κ3) is 3.37. The Bertz CT molecular complexity index is 146.